The van der Waals surface area contributed by atoms with E-state index >= 15 is 0 Å². The molecule has 0 saturated heterocycles. The lowest BCUT2D eigenvalue weighted by molar-refractivity contribution is 0.667. The summed E-state index contributed by atoms with van der Waals surface area (Å²) >= 11 is 0. The molecule has 0 aromatic carbocycles. The number of nitrogens with zero attached hydrogens (tertiary/aromatic N) is 1. The van der Waals surface area contributed by atoms with E-state index in [-0.39, 0.29) is 0 Å². The molecule has 1 aromatic rings. The van der Waals surface area contributed by atoms with Crippen molar-refractivity contribution in [2.75, 3.05) is 0 Å². The summed E-state index contributed by atoms with van der Waals surface area (Å²) in [5, 5.41) is 6.46. The van der Waals surface area contributed by atoms with Gasteiger partial charge in [-0.15, -0.1) is 0 Å². The Balaban J connectivity index is 2.20. The molecule has 1 N–H and O–H groups in total. The Morgan fingerprint density at radius 2 is 2.45 bits per heavy atom. The molecule has 0 amide bonds. The maximum Gasteiger partial charge on any atom is 0.0863 e. The zero-order chi connectivity index (χ0) is 8.81. The van der Waals surface area contributed by atoms with Crippen molar-refractivity contribution in [3.05, 3.63) is 17.9 Å². The van der Waals surface area contributed by atoms with Crippen LogP contribution < -0.4 is 0 Å². The summed E-state index contributed by atoms with van der Waals surface area (Å²) in [6.45, 7) is 2.20. The molecular formula is C9H16N2. The number of H-pyrrole nitrogens is 1. The fourth-order valence-corrected chi connectivity index (χ4v) is 1.12. The minimum absolute atomic E-state index is 0.409. The van der Waals surface area contributed by atoms with E-state index in [0.29, 0.717) is 6.17 Å². The molecule has 0 radical (unpaired) electrons. The molecule has 1 rings (SSSR count). The second-order valence-electron chi connectivity index (χ2n) is 2.83. The topological polar surface area (TPSA) is 28.7 Å². The third-order valence-electron chi connectivity index (χ3n) is 1.80. The largest absolute Gasteiger partial charge is 0.285 e. The first-order valence-corrected chi connectivity index (χ1v) is 4.34. The van der Waals surface area contributed by atoms with Crippen LogP contribution in [0.4, 0.5) is 0 Å². The molecule has 0 fully saturated rings. The van der Waals surface area contributed by atoms with E-state index in [9.17, 15) is 0 Å². The van der Waals surface area contributed by atoms with Crippen molar-refractivity contribution in [2.45, 2.75) is 39.0 Å². The molecule has 0 unspecified atom stereocenters. The molecule has 0 atom stereocenters. The molecular weight excluding hydrogens is 136 g/mol. The summed E-state index contributed by atoms with van der Waals surface area (Å²) < 4.78 is 7.39. The van der Waals surface area contributed by atoms with Gasteiger partial charge in [0.05, 0.1) is 7.54 Å². The molecule has 0 saturated carbocycles. The third-order valence-corrected chi connectivity index (χ3v) is 1.80. The van der Waals surface area contributed by atoms with Crippen LogP contribution >= 0.6 is 0 Å². The van der Waals surface area contributed by atoms with Gasteiger partial charge in [-0.3, -0.25) is 5.10 Å². The lowest BCUT2D eigenvalue weighted by Crippen LogP contribution is -1.81. The highest BCUT2D eigenvalue weighted by Gasteiger charge is 1.92. The molecule has 2 nitrogen and oxygen atoms in total. The van der Waals surface area contributed by atoms with E-state index in [1.54, 1.807) is 0 Å². The fourth-order valence-electron chi connectivity index (χ4n) is 1.12. The van der Waals surface area contributed by atoms with E-state index in [1.165, 1.54) is 25.7 Å². The highest BCUT2D eigenvalue weighted by atomic mass is 15.1. The van der Waals surface area contributed by atoms with Gasteiger partial charge in [-0.1, -0.05) is 26.2 Å². The van der Waals surface area contributed by atoms with Gasteiger partial charge in [0.25, 0.3) is 0 Å². The van der Waals surface area contributed by atoms with Gasteiger partial charge in [0, 0.05) is 6.20 Å². The summed E-state index contributed by atoms with van der Waals surface area (Å²) in [6, 6.07) is 0. The van der Waals surface area contributed by atoms with Gasteiger partial charge in [0.1, 0.15) is 0 Å². The number of aryl methyl sites for hydroxylation is 1. The highest BCUT2D eigenvalue weighted by molar-refractivity contribution is 5.01. The summed E-state index contributed by atoms with van der Waals surface area (Å²) in [5.74, 6) is 0. The Hall–Kier alpha value is -0.790. The number of unbranched alkanes of at least 4 members (excludes halogenated alkanes) is 3. The molecule has 1 heterocycles. The Morgan fingerprint density at radius 1 is 1.55 bits per heavy atom. The van der Waals surface area contributed by atoms with Crippen LogP contribution in [0.2, 0.25) is 0 Å². The minimum Gasteiger partial charge on any atom is -0.285 e. The Morgan fingerprint density at radius 3 is 3.09 bits per heavy atom. The van der Waals surface area contributed by atoms with Crippen LogP contribution in [0, 0.1) is 0 Å². The average molecular weight is 153 g/mol. The summed E-state index contributed by atoms with van der Waals surface area (Å²) in [6.07, 6.45) is 8.24. The SMILES string of the molecule is [2H]c1n[nH]cc1CCCCCC. The molecule has 0 aliphatic heterocycles. The standard InChI is InChI=1S/C9H16N2/c1-2-3-4-5-6-9-7-10-11-8-9/h7-8H,2-6H2,1H3,(H,10,11)/i7D. The van der Waals surface area contributed by atoms with Gasteiger partial charge < -0.3 is 0 Å². The first-order valence-electron chi connectivity index (χ1n) is 4.84. The van der Waals surface area contributed by atoms with Crippen LogP contribution in [-0.2, 0) is 6.42 Å². The molecule has 0 aliphatic carbocycles. The molecule has 1 aromatic heterocycles. The van der Waals surface area contributed by atoms with Crippen molar-refractivity contribution >= 4 is 0 Å². The van der Waals surface area contributed by atoms with E-state index in [1.807, 2.05) is 6.20 Å². The summed E-state index contributed by atoms with van der Waals surface area (Å²) in [5.41, 5.74) is 1.05. The van der Waals surface area contributed by atoms with E-state index < -0.39 is 0 Å². The quantitative estimate of drug-likeness (QED) is 0.647. The molecule has 62 valence electrons. The van der Waals surface area contributed by atoms with Crippen molar-refractivity contribution in [2.24, 2.45) is 0 Å². The van der Waals surface area contributed by atoms with E-state index in [0.717, 1.165) is 12.0 Å². The minimum atomic E-state index is 0.409. The number of nitrogens with one attached hydrogen (secondary N) is 1. The van der Waals surface area contributed by atoms with Crippen LogP contribution in [-0.4, -0.2) is 10.2 Å². The van der Waals surface area contributed by atoms with Crippen molar-refractivity contribution in [1.29, 1.82) is 0 Å². The van der Waals surface area contributed by atoms with Crippen LogP contribution in [0.15, 0.2) is 12.4 Å². The van der Waals surface area contributed by atoms with Crippen molar-refractivity contribution in [3.8, 4) is 0 Å². The van der Waals surface area contributed by atoms with Gasteiger partial charge >= 0.3 is 0 Å². The van der Waals surface area contributed by atoms with Gasteiger partial charge in [-0.2, -0.15) is 5.10 Å². The monoisotopic (exact) mass is 153 g/mol. The first-order chi connectivity index (χ1) is 5.84. The number of aromatic nitrogens is 2. The van der Waals surface area contributed by atoms with Crippen molar-refractivity contribution in [1.82, 2.24) is 10.2 Å². The molecule has 0 spiro atoms. The molecule has 2 heteroatoms. The maximum absolute atomic E-state index is 7.39. The summed E-state index contributed by atoms with van der Waals surface area (Å²) in [7, 11) is 0. The first kappa shape index (κ1) is 6.89. The fraction of sp³-hybridized carbons (Fsp3) is 0.667. The van der Waals surface area contributed by atoms with Gasteiger partial charge in [0.15, 0.2) is 0 Å². The Kier molecular flexibility index (Phi) is 3.10. The molecule has 0 aliphatic rings. The highest BCUT2D eigenvalue weighted by Crippen LogP contribution is 2.05. The number of hydrogen-bond acceptors (Lipinski definition) is 1. The predicted octanol–water partition coefficient (Wildman–Crippen LogP) is 2.53. The van der Waals surface area contributed by atoms with Gasteiger partial charge in [-0.05, 0) is 18.4 Å². The lowest BCUT2D eigenvalue weighted by Gasteiger charge is -1.95. The van der Waals surface area contributed by atoms with Crippen LogP contribution in [0.1, 0.15) is 39.5 Å². The van der Waals surface area contributed by atoms with E-state index in [2.05, 4.69) is 17.1 Å². The smallest absolute Gasteiger partial charge is 0.0863 e. The normalized spacial score (nSPS) is 11.5. The van der Waals surface area contributed by atoms with Crippen LogP contribution in [0.3, 0.4) is 0 Å². The predicted molar refractivity (Wildman–Crippen MR) is 46.4 cm³/mol. The van der Waals surface area contributed by atoms with Gasteiger partial charge in [-0.25, -0.2) is 0 Å². The maximum atomic E-state index is 7.39. The van der Waals surface area contributed by atoms with Crippen LogP contribution in [0.25, 0.3) is 0 Å². The van der Waals surface area contributed by atoms with E-state index in [4.69, 9.17) is 1.37 Å². The zero-order valence-corrected chi connectivity index (χ0v) is 7.06. The zero-order valence-electron chi connectivity index (χ0n) is 8.06. The third kappa shape index (κ3) is 3.21. The van der Waals surface area contributed by atoms with Crippen molar-refractivity contribution < 1.29 is 1.37 Å². The summed E-state index contributed by atoms with van der Waals surface area (Å²) in [4.78, 5) is 0. The van der Waals surface area contributed by atoms with Crippen molar-refractivity contribution in [3.63, 3.8) is 0 Å². The average Bonchev–Trinajstić information content (AvgIpc) is 2.46. The van der Waals surface area contributed by atoms with Crippen LogP contribution in [0.5, 0.6) is 0 Å². The van der Waals surface area contributed by atoms with Gasteiger partial charge in [0.2, 0.25) is 0 Å². The Bertz CT molecular complexity index is 220. The number of rotatable bonds is 5. The lowest BCUT2D eigenvalue weighted by atomic mass is 10.1. The second kappa shape index (κ2) is 4.94. The second-order valence-corrected chi connectivity index (χ2v) is 2.83. The molecule has 11 heavy (non-hydrogen) atoms. The number of aromatic amines is 1. The molecule has 0 bridgehead atoms. The number of hydrogen-bond donors (Lipinski definition) is 1. The Labute approximate surface area is 69.4 Å².